The molecule has 0 spiro atoms. The molecule has 1 aromatic carbocycles. The number of nitrogens with zero attached hydrogens (tertiary/aromatic N) is 10. The molecule has 0 amide bonds. The van der Waals surface area contributed by atoms with E-state index in [1.54, 1.807) is 24.5 Å². The maximum Gasteiger partial charge on any atom is 0.227 e. The van der Waals surface area contributed by atoms with Crippen molar-refractivity contribution in [2.24, 2.45) is 7.05 Å². The summed E-state index contributed by atoms with van der Waals surface area (Å²) < 4.78 is 1.98. The normalized spacial score (nSPS) is 16.3. The average Bonchev–Trinajstić information content (AvgIpc) is 3.47. The number of aromatic nitrogens is 8. The van der Waals surface area contributed by atoms with Crippen LogP contribution < -0.4 is 4.90 Å². The van der Waals surface area contributed by atoms with Gasteiger partial charge in [0.2, 0.25) is 5.95 Å². The minimum absolute atomic E-state index is 0.0497. The van der Waals surface area contributed by atoms with Gasteiger partial charge in [0.1, 0.15) is 0 Å². The van der Waals surface area contributed by atoms with Gasteiger partial charge in [-0.25, -0.2) is 0 Å². The zero-order valence-electron chi connectivity index (χ0n) is 17.0. The monoisotopic (exact) mass is 412 g/mol. The summed E-state index contributed by atoms with van der Waals surface area (Å²) in [4.78, 5) is 7.86. The van der Waals surface area contributed by atoms with Crippen molar-refractivity contribution in [3.8, 4) is 23.1 Å². The van der Waals surface area contributed by atoms with Gasteiger partial charge in [0.25, 0.3) is 0 Å². The summed E-state index contributed by atoms with van der Waals surface area (Å²) in [5, 5.41) is 31.2. The highest BCUT2D eigenvalue weighted by molar-refractivity contribution is 5.56. The molecule has 0 N–H and O–H groups in total. The maximum absolute atomic E-state index is 9.15. The molecule has 1 aliphatic heterocycles. The molecule has 0 aliphatic carbocycles. The fraction of sp³-hybridized carbons (Fsp3) is 0.286. The predicted molar refractivity (Wildman–Crippen MR) is 112 cm³/mol. The van der Waals surface area contributed by atoms with Gasteiger partial charge in [0, 0.05) is 31.5 Å². The zero-order valence-corrected chi connectivity index (χ0v) is 17.0. The van der Waals surface area contributed by atoms with Crippen LogP contribution in [0.3, 0.4) is 0 Å². The SMILES string of the molecule is Cn1c(-c2cccnc2)nnc1N1CCCCC1c1nnn(-c2cccc(C#N)c2)n1. The topological polar surface area (TPSA) is 114 Å². The largest absolute Gasteiger partial charge is 0.330 e. The third-order valence-electron chi connectivity index (χ3n) is 5.46. The summed E-state index contributed by atoms with van der Waals surface area (Å²) in [7, 11) is 1.96. The summed E-state index contributed by atoms with van der Waals surface area (Å²) in [6, 6.07) is 13.1. The number of piperidine rings is 1. The van der Waals surface area contributed by atoms with Gasteiger partial charge in [0.05, 0.1) is 23.4 Å². The molecule has 4 aromatic rings. The lowest BCUT2D eigenvalue weighted by Gasteiger charge is -2.34. The predicted octanol–water partition coefficient (Wildman–Crippen LogP) is 2.46. The van der Waals surface area contributed by atoms with Gasteiger partial charge in [-0.05, 0) is 54.8 Å². The second kappa shape index (κ2) is 7.95. The highest BCUT2D eigenvalue weighted by Gasteiger charge is 2.31. The van der Waals surface area contributed by atoms with Crippen LogP contribution in [0.15, 0.2) is 48.8 Å². The first-order valence-electron chi connectivity index (χ1n) is 10.1. The molecular formula is C21H20N10. The molecule has 1 fully saturated rings. The molecule has 0 saturated carbocycles. The van der Waals surface area contributed by atoms with Gasteiger partial charge in [0.15, 0.2) is 11.6 Å². The minimum atomic E-state index is -0.0497. The Balaban J connectivity index is 1.47. The zero-order chi connectivity index (χ0) is 21.2. The highest BCUT2D eigenvalue weighted by atomic mass is 15.6. The molecule has 10 nitrogen and oxygen atoms in total. The number of rotatable bonds is 4. The van der Waals surface area contributed by atoms with E-state index >= 15 is 0 Å². The van der Waals surface area contributed by atoms with Crippen molar-refractivity contribution in [1.29, 1.82) is 5.26 Å². The average molecular weight is 412 g/mol. The van der Waals surface area contributed by atoms with Crippen molar-refractivity contribution in [3.63, 3.8) is 0 Å². The number of anilines is 1. The van der Waals surface area contributed by atoms with E-state index in [1.807, 2.05) is 35.9 Å². The van der Waals surface area contributed by atoms with E-state index in [0.29, 0.717) is 17.1 Å². The Morgan fingerprint density at radius 1 is 1.10 bits per heavy atom. The van der Waals surface area contributed by atoms with Crippen molar-refractivity contribution in [3.05, 3.63) is 60.2 Å². The number of pyridine rings is 1. The van der Waals surface area contributed by atoms with E-state index in [0.717, 1.165) is 43.1 Å². The summed E-state index contributed by atoms with van der Waals surface area (Å²) in [6.45, 7) is 0.835. The van der Waals surface area contributed by atoms with Crippen LogP contribution in [0.2, 0.25) is 0 Å². The molecule has 0 radical (unpaired) electrons. The molecule has 10 heteroatoms. The van der Waals surface area contributed by atoms with Gasteiger partial charge in [-0.1, -0.05) is 6.07 Å². The standard InChI is InChI=1S/C21H20N10/c1-29-20(16-7-5-10-23-14-16)25-26-21(29)30-11-3-2-9-18(30)19-24-28-31(27-19)17-8-4-6-15(12-17)13-22/h4-8,10,12,14,18H,2-3,9,11H2,1H3. The fourth-order valence-corrected chi connectivity index (χ4v) is 3.92. The molecule has 5 rings (SSSR count). The maximum atomic E-state index is 9.15. The van der Waals surface area contributed by atoms with Crippen molar-refractivity contribution in [1.82, 2.24) is 40.0 Å². The first-order chi connectivity index (χ1) is 15.2. The van der Waals surface area contributed by atoms with Crippen LogP contribution >= 0.6 is 0 Å². The van der Waals surface area contributed by atoms with Gasteiger partial charge in [-0.2, -0.15) is 5.26 Å². The first kappa shape index (κ1) is 18.9. The van der Waals surface area contributed by atoms with Crippen LogP contribution in [0.25, 0.3) is 17.1 Å². The van der Waals surface area contributed by atoms with Crippen molar-refractivity contribution in [2.75, 3.05) is 11.4 Å². The number of nitriles is 1. The van der Waals surface area contributed by atoms with Crippen LogP contribution in [0, 0.1) is 11.3 Å². The third-order valence-corrected chi connectivity index (χ3v) is 5.46. The van der Waals surface area contributed by atoms with Crippen molar-refractivity contribution < 1.29 is 0 Å². The number of hydrogen-bond donors (Lipinski definition) is 0. The lowest BCUT2D eigenvalue weighted by Crippen LogP contribution is -2.36. The smallest absolute Gasteiger partial charge is 0.227 e. The molecule has 1 unspecified atom stereocenters. The van der Waals surface area contributed by atoms with Crippen LogP contribution in [-0.4, -0.2) is 46.5 Å². The summed E-state index contributed by atoms with van der Waals surface area (Å²) >= 11 is 0. The third kappa shape index (κ3) is 3.50. The molecule has 1 aliphatic rings. The number of hydrogen-bond acceptors (Lipinski definition) is 8. The second-order valence-corrected chi connectivity index (χ2v) is 7.43. The Morgan fingerprint density at radius 3 is 2.87 bits per heavy atom. The second-order valence-electron chi connectivity index (χ2n) is 7.43. The van der Waals surface area contributed by atoms with Gasteiger partial charge in [-0.3, -0.25) is 9.55 Å². The number of tetrazole rings is 1. The van der Waals surface area contributed by atoms with Crippen LogP contribution in [0.4, 0.5) is 5.95 Å². The summed E-state index contributed by atoms with van der Waals surface area (Å²) in [5.74, 6) is 2.16. The van der Waals surface area contributed by atoms with E-state index in [9.17, 15) is 0 Å². The molecule has 1 saturated heterocycles. The Morgan fingerprint density at radius 2 is 2.03 bits per heavy atom. The Kier molecular flexibility index (Phi) is 4.84. The van der Waals surface area contributed by atoms with Gasteiger partial charge < -0.3 is 4.90 Å². The Hall–Kier alpha value is -4.13. The Bertz CT molecular complexity index is 1240. The molecule has 1 atom stereocenters. The van der Waals surface area contributed by atoms with Crippen LogP contribution in [0.5, 0.6) is 0 Å². The van der Waals surface area contributed by atoms with Gasteiger partial charge in [-0.15, -0.1) is 25.2 Å². The minimum Gasteiger partial charge on any atom is -0.330 e. The van der Waals surface area contributed by atoms with Crippen LogP contribution in [0.1, 0.15) is 36.7 Å². The van der Waals surface area contributed by atoms with E-state index in [1.165, 1.54) is 4.80 Å². The van der Waals surface area contributed by atoms with Crippen molar-refractivity contribution >= 4 is 5.95 Å². The molecule has 154 valence electrons. The van der Waals surface area contributed by atoms with Crippen molar-refractivity contribution in [2.45, 2.75) is 25.3 Å². The summed E-state index contributed by atoms with van der Waals surface area (Å²) in [5.41, 5.74) is 2.18. The molecule has 31 heavy (non-hydrogen) atoms. The Labute approximate surface area is 178 Å². The van der Waals surface area contributed by atoms with Crippen LogP contribution in [-0.2, 0) is 7.05 Å². The quantitative estimate of drug-likeness (QED) is 0.502. The van der Waals surface area contributed by atoms with E-state index < -0.39 is 0 Å². The lowest BCUT2D eigenvalue weighted by atomic mass is 10.0. The molecule has 4 heterocycles. The van der Waals surface area contributed by atoms with E-state index in [4.69, 9.17) is 5.26 Å². The lowest BCUT2D eigenvalue weighted by molar-refractivity contribution is 0.445. The van der Waals surface area contributed by atoms with E-state index in [2.05, 4.69) is 41.6 Å². The van der Waals surface area contributed by atoms with Gasteiger partial charge >= 0.3 is 0 Å². The molecule has 3 aromatic heterocycles. The first-order valence-corrected chi connectivity index (χ1v) is 10.1. The number of benzene rings is 1. The molecule has 0 bridgehead atoms. The highest BCUT2D eigenvalue weighted by Crippen LogP contribution is 2.33. The van der Waals surface area contributed by atoms with E-state index in [-0.39, 0.29) is 6.04 Å². The fourth-order valence-electron chi connectivity index (χ4n) is 3.92. The summed E-state index contributed by atoms with van der Waals surface area (Å²) in [6.07, 6.45) is 6.56. The molecular weight excluding hydrogens is 392 g/mol.